The molecule has 1 atom stereocenters. The molecule has 4 nitrogen and oxygen atoms in total. The van der Waals surface area contributed by atoms with Crippen molar-refractivity contribution in [3.63, 3.8) is 0 Å². The van der Waals surface area contributed by atoms with Gasteiger partial charge in [-0.2, -0.15) is 0 Å². The highest BCUT2D eigenvalue weighted by molar-refractivity contribution is 4.94. The third-order valence-corrected chi connectivity index (χ3v) is 1.52. The standard InChI is InChI=1S/C7H12N2O2/c1-5-3-8-7(11)9(5)4-6(2)10/h3,6,10H,4H2,1-2H3,(H,8,11). The Kier molecular flexibility index (Phi) is 2.14. The van der Waals surface area contributed by atoms with Gasteiger partial charge >= 0.3 is 5.69 Å². The Hall–Kier alpha value is -1.03. The summed E-state index contributed by atoms with van der Waals surface area (Å²) < 4.78 is 1.50. The van der Waals surface area contributed by atoms with Crippen LogP contribution in [0.15, 0.2) is 11.0 Å². The van der Waals surface area contributed by atoms with Crippen molar-refractivity contribution in [1.82, 2.24) is 9.55 Å². The van der Waals surface area contributed by atoms with Crippen LogP contribution < -0.4 is 5.69 Å². The lowest BCUT2D eigenvalue weighted by molar-refractivity contribution is 0.171. The Morgan fingerprint density at radius 2 is 2.45 bits per heavy atom. The number of aliphatic hydroxyl groups excluding tert-OH is 1. The number of hydrogen-bond acceptors (Lipinski definition) is 2. The molecule has 1 heterocycles. The maximum Gasteiger partial charge on any atom is 0.325 e. The van der Waals surface area contributed by atoms with Crippen LogP contribution >= 0.6 is 0 Å². The largest absolute Gasteiger partial charge is 0.392 e. The topological polar surface area (TPSA) is 58.0 Å². The second kappa shape index (κ2) is 2.92. The fraction of sp³-hybridized carbons (Fsp3) is 0.571. The number of aryl methyl sites for hydroxylation is 1. The molecular formula is C7H12N2O2. The fourth-order valence-corrected chi connectivity index (χ4v) is 0.973. The second-order valence-corrected chi connectivity index (χ2v) is 2.69. The van der Waals surface area contributed by atoms with E-state index in [9.17, 15) is 4.79 Å². The molecule has 2 N–H and O–H groups in total. The normalized spacial score (nSPS) is 13.4. The van der Waals surface area contributed by atoms with Crippen LogP contribution in [0.3, 0.4) is 0 Å². The van der Waals surface area contributed by atoms with Gasteiger partial charge in [0.25, 0.3) is 0 Å². The molecule has 0 bridgehead atoms. The summed E-state index contributed by atoms with van der Waals surface area (Å²) in [6.45, 7) is 3.83. The Balaban J connectivity index is 2.92. The molecule has 0 amide bonds. The van der Waals surface area contributed by atoms with Crippen molar-refractivity contribution in [2.75, 3.05) is 0 Å². The number of hydrogen-bond donors (Lipinski definition) is 2. The molecule has 1 aromatic heterocycles. The summed E-state index contributed by atoms with van der Waals surface area (Å²) in [6, 6.07) is 0. The molecule has 11 heavy (non-hydrogen) atoms. The predicted molar refractivity (Wildman–Crippen MR) is 41.5 cm³/mol. The quantitative estimate of drug-likeness (QED) is 0.626. The zero-order valence-electron chi connectivity index (χ0n) is 6.66. The number of nitrogens with one attached hydrogen (secondary N) is 1. The van der Waals surface area contributed by atoms with E-state index in [1.165, 1.54) is 4.57 Å². The fourth-order valence-electron chi connectivity index (χ4n) is 0.973. The Bertz CT molecular complexity index is 285. The molecule has 0 fully saturated rings. The third-order valence-electron chi connectivity index (χ3n) is 1.52. The number of aromatic amines is 1. The van der Waals surface area contributed by atoms with Crippen LogP contribution in [0.25, 0.3) is 0 Å². The minimum Gasteiger partial charge on any atom is -0.392 e. The van der Waals surface area contributed by atoms with Crippen molar-refractivity contribution in [2.24, 2.45) is 0 Å². The van der Waals surface area contributed by atoms with Crippen LogP contribution in [0.5, 0.6) is 0 Å². The van der Waals surface area contributed by atoms with Crippen LogP contribution in [0.2, 0.25) is 0 Å². The van der Waals surface area contributed by atoms with Gasteiger partial charge in [-0.25, -0.2) is 4.79 Å². The molecule has 0 aliphatic carbocycles. The first-order chi connectivity index (χ1) is 5.11. The van der Waals surface area contributed by atoms with Gasteiger partial charge in [0, 0.05) is 11.9 Å². The van der Waals surface area contributed by atoms with Crippen LogP contribution in [0, 0.1) is 6.92 Å². The van der Waals surface area contributed by atoms with Crippen molar-refractivity contribution in [1.29, 1.82) is 0 Å². The number of imidazole rings is 1. The van der Waals surface area contributed by atoms with Gasteiger partial charge < -0.3 is 10.1 Å². The van der Waals surface area contributed by atoms with Crippen molar-refractivity contribution in [3.8, 4) is 0 Å². The van der Waals surface area contributed by atoms with Gasteiger partial charge in [0.15, 0.2) is 0 Å². The zero-order valence-corrected chi connectivity index (χ0v) is 6.66. The maximum absolute atomic E-state index is 11.0. The van der Waals surface area contributed by atoms with Crippen LogP contribution in [-0.4, -0.2) is 20.8 Å². The summed E-state index contributed by atoms with van der Waals surface area (Å²) in [7, 11) is 0. The molecule has 0 radical (unpaired) electrons. The lowest BCUT2D eigenvalue weighted by Gasteiger charge is -2.05. The molecule has 4 heteroatoms. The minimum atomic E-state index is -0.484. The molecule has 1 unspecified atom stereocenters. The molecule has 1 aromatic rings. The molecule has 1 rings (SSSR count). The summed E-state index contributed by atoms with van der Waals surface area (Å²) in [5.41, 5.74) is 0.680. The number of rotatable bonds is 2. The van der Waals surface area contributed by atoms with E-state index in [0.29, 0.717) is 6.54 Å². The van der Waals surface area contributed by atoms with E-state index in [1.54, 1.807) is 13.1 Å². The number of aromatic nitrogens is 2. The van der Waals surface area contributed by atoms with Crippen LogP contribution in [0.1, 0.15) is 12.6 Å². The monoisotopic (exact) mass is 156 g/mol. The molecule has 62 valence electrons. The molecule has 0 saturated carbocycles. The summed E-state index contributed by atoms with van der Waals surface area (Å²) in [5.74, 6) is 0. The first kappa shape index (κ1) is 8.07. The summed E-state index contributed by atoms with van der Waals surface area (Å²) in [6.07, 6.45) is 1.15. The van der Waals surface area contributed by atoms with E-state index in [2.05, 4.69) is 4.98 Å². The van der Waals surface area contributed by atoms with Gasteiger partial charge in [0.05, 0.1) is 12.6 Å². The average molecular weight is 156 g/mol. The molecular weight excluding hydrogens is 144 g/mol. The van der Waals surface area contributed by atoms with Gasteiger partial charge in [0.1, 0.15) is 0 Å². The second-order valence-electron chi connectivity index (χ2n) is 2.69. The highest BCUT2D eigenvalue weighted by Crippen LogP contribution is 1.93. The SMILES string of the molecule is Cc1c[nH]c(=O)n1CC(C)O. The molecule has 0 aliphatic rings. The molecule has 0 spiro atoms. The van der Waals surface area contributed by atoms with E-state index in [-0.39, 0.29) is 5.69 Å². The number of aliphatic hydroxyl groups is 1. The maximum atomic E-state index is 11.0. The van der Waals surface area contributed by atoms with E-state index in [4.69, 9.17) is 5.11 Å². The average Bonchev–Trinajstić information content (AvgIpc) is 2.18. The van der Waals surface area contributed by atoms with Gasteiger partial charge in [-0.15, -0.1) is 0 Å². The van der Waals surface area contributed by atoms with Gasteiger partial charge in [-0.05, 0) is 13.8 Å². The summed E-state index contributed by atoms with van der Waals surface area (Å²) in [4.78, 5) is 13.5. The minimum absolute atomic E-state index is 0.164. The Labute approximate surface area is 64.5 Å². The van der Waals surface area contributed by atoms with Gasteiger partial charge in [-0.3, -0.25) is 4.57 Å². The van der Waals surface area contributed by atoms with Crippen molar-refractivity contribution in [3.05, 3.63) is 22.4 Å². The van der Waals surface area contributed by atoms with E-state index >= 15 is 0 Å². The number of nitrogens with zero attached hydrogens (tertiary/aromatic N) is 1. The smallest absolute Gasteiger partial charge is 0.325 e. The predicted octanol–water partition coefficient (Wildman–Crippen LogP) is -0.134. The molecule has 0 aliphatic heterocycles. The highest BCUT2D eigenvalue weighted by Gasteiger charge is 2.03. The lowest BCUT2D eigenvalue weighted by atomic mass is 10.4. The lowest BCUT2D eigenvalue weighted by Crippen LogP contribution is -2.23. The first-order valence-electron chi connectivity index (χ1n) is 3.54. The Morgan fingerprint density at radius 3 is 2.82 bits per heavy atom. The molecule has 0 aromatic carbocycles. The van der Waals surface area contributed by atoms with Crippen molar-refractivity contribution in [2.45, 2.75) is 26.5 Å². The summed E-state index contributed by atoms with van der Waals surface area (Å²) >= 11 is 0. The van der Waals surface area contributed by atoms with E-state index in [1.807, 2.05) is 6.92 Å². The third kappa shape index (κ3) is 1.71. The molecule has 0 saturated heterocycles. The van der Waals surface area contributed by atoms with Crippen molar-refractivity contribution >= 4 is 0 Å². The Morgan fingerprint density at radius 1 is 1.82 bits per heavy atom. The van der Waals surface area contributed by atoms with Crippen LogP contribution in [0.4, 0.5) is 0 Å². The van der Waals surface area contributed by atoms with E-state index in [0.717, 1.165) is 5.69 Å². The zero-order chi connectivity index (χ0) is 8.43. The van der Waals surface area contributed by atoms with Gasteiger partial charge in [0.2, 0.25) is 0 Å². The van der Waals surface area contributed by atoms with Crippen molar-refractivity contribution < 1.29 is 5.11 Å². The number of H-pyrrole nitrogens is 1. The van der Waals surface area contributed by atoms with Gasteiger partial charge in [-0.1, -0.05) is 0 Å². The summed E-state index contributed by atoms with van der Waals surface area (Å²) in [5, 5.41) is 9.00. The first-order valence-corrected chi connectivity index (χ1v) is 3.54. The van der Waals surface area contributed by atoms with E-state index < -0.39 is 6.10 Å². The highest BCUT2D eigenvalue weighted by atomic mass is 16.3. The van der Waals surface area contributed by atoms with Crippen LogP contribution in [-0.2, 0) is 6.54 Å².